The maximum atomic E-state index is 13.8. The zero-order valence-electron chi connectivity index (χ0n) is 16.9. The summed E-state index contributed by atoms with van der Waals surface area (Å²) in [6.07, 6.45) is -3.59. The van der Waals surface area contributed by atoms with E-state index in [0.717, 1.165) is 16.4 Å². The minimum absolute atomic E-state index is 0.0220. The van der Waals surface area contributed by atoms with Gasteiger partial charge in [-0.15, -0.1) is 0 Å². The molecule has 2 aromatic carbocycles. The molecule has 0 spiro atoms. The number of rotatable bonds is 3. The van der Waals surface area contributed by atoms with E-state index < -0.39 is 24.2 Å². The molecule has 3 aromatic rings. The summed E-state index contributed by atoms with van der Waals surface area (Å²) >= 11 is 0. The number of amides is 1. The van der Waals surface area contributed by atoms with Gasteiger partial charge >= 0.3 is 6.18 Å². The highest BCUT2D eigenvalue weighted by Crippen LogP contribution is 2.44. The lowest BCUT2D eigenvalue weighted by Crippen LogP contribution is -2.36. The van der Waals surface area contributed by atoms with Crippen molar-refractivity contribution in [3.63, 3.8) is 0 Å². The molecule has 0 saturated carbocycles. The average Bonchev–Trinajstić information content (AvgIpc) is 3.39. The molecule has 0 bridgehead atoms. The van der Waals surface area contributed by atoms with Gasteiger partial charge in [0.05, 0.1) is 12.2 Å². The number of alkyl halides is 3. The Morgan fingerprint density at radius 3 is 2.66 bits per heavy atom. The van der Waals surface area contributed by atoms with Crippen molar-refractivity contribution in [3.05, 3.63) is 65.4 Å². The number of ether oxygens (including phenoxy) is 2. The van der Waals surface area contributed by atoms with Crippen molar-refractivity contribution in [2.45, 2.75) is 31.6 Å². The zero-order valence-corrected chi connectivity index (χ0v) is 16.9. The molecule has 10 heteroatoms. The number of hydrogen-bond acceptors (Lipinski definition) is 5. The van der Waals surface area contributed by atoms with Crippen LogP contribution < -0.4 is 20.1 Å². The number of anilines is 2. The van der Waals surface area contributed by atoms with Crippen molar-refractivity contribution in [2.24, 2.45) is 0 Å². The van der Waals surface area contributed by atoms with Crippen molar-refractivity contribution in [1.29, 1.82) is 0 Å². The van der Waals surface area contributed by atoms with Crippen molar-refractivity contribution >= 4 is 17.4 Å². The summed E-state index contributed by atoms with van der Waals surface area (Å²) in [5, 5.41) is 9.67. The van der Waals surface area contributed by atoms with Crippen LogP contribution in [-0.2, 0) is 0 Å². The minimum atomic E-state index is -4.52. The lowest BCUT2D eigenvalue weighted by Gasteiger charge is -2.34. The predicted octanol–water partition coefficient (Wildman–Crippen LogP) is 4.83. The second-order valence-electron chi connectivity index (χ2n) is 7.77. The molecule has 2 atom stereocenters. The molecule has 166 valence electrons. The van der Waals surface area contributed by atoms with Gasteiger partial charge in [0.2, 0.25) is 6.79 Å². The molecule has 2 aliphatic rings. The Morgan fingerprint density at radius 2 is 1.91 bits per heavy atom. The van der Waals surface area contributed by atoms with E-state index in [1.165, 1.54) is 0 Å². The van der Waals surface area contributed by atoms with Gasteiger partial charge < -0.3 is 20.1 Å². The summed E-state index contributed by atoms with van der Waals surface area (Å²) in [5.41, 5.74) is 2.16. The molecule has 2 N–H and O–H groups in total. The summed E-state index contributed by atoms with van der Waals surface area (Å²) in [7, 11) is 0. The van der Waals surface area contributed by atoms with Crippen molar-refractivity contribution in [3.8, 4) is 11.5 Å². The molecule has 0 aliphatic carbocycles. The number of aromatic nitrogens is 2. The fourth-order valence-electron chi connectivity index (χ4n) is 3.92. The summed E-state index contributed by atoms with van der Waals surface area (Å²) in [5.74, 6) is 0.488. The molecule has 5 rings (SSSR count). The van der Waals surface area contributed by atoms with Crippen LogP contribution in [0.15, 0.2) is 48.7 Å². The van der Waals surface area contributed by atoms with Gasteiger partial charge in [0.15, 0.2) is 17.5 Å². The molecular formula is C22H19F3N4O3. The Kier molecular flexibility index (Phi) is 4.72. The topological polar surface area (TPSA) is 77.4 Å². The summed E-state index contributed by atoms with van der Waals surface area (Å²) in [6.45, 7) is 2.00. The Bertz CT molecular complexity index is 1170. The Labute approximate surface area is 181 Å². The largest absolute Gasteiger partial charge is 0.454 e. The first-order chi connectivity index (χ1) is 15.3. The summed E-state index contributed by atoms with van der Waals surface area (Å²) < 4.78 is 52.9. The maximum Gasteiger partial charge on any atom is 0.410 e. The second kappa shape index (κ2) is 7.47. The molecule has 0 saturated heterocycles. The molecule has 0 unspecified atom stereocenters. The van der Waals surface area contributed by atoms with E-state index in [1.54, 1.807) is 30.3 Å². The van der Waals surface area contributed by atoms with Crippen molar-refractivity contribution < 1.29 is 27.4 Å². The lowest BCUT2D eigenvalue weighted by atomic mass is 9.96. The SMILES string of the molecule is Cc1ccc([C@H]2C[C@@H](C(F)(F)F)n3ncc(C(=O)Nc4ccc5c(c4)OCO5)c3N2)cc1. The van der Waals surface area contributed by atoms with Crippen LogP contribution in [0.5, 0.6) is 11.5 Å². The Morgan fingerprint density at radius 1 is 1.16 bits per heavy atom. The van der Waals surface area contributed by atoms with Crippen molar-refractivity contribution in [2.75, 3.05) is 17.4 Å². The number of nitrogens with zero attached hydrogens (tertiary/aromatic N) is 2. The van der Waals surface area contributed by atoms with Crippen LogP contribution in [-0.4, -0.2) is 28.7 Å². The van der Waals surface area contributed by atoms with Gasteiger partial charge in [0, 0.05) is 18.2 Å². The summed E-state index contributed by atoms with van der Waals surface area (Å²) in [6, 6.07) is 9.67. The van der Waals surface area contributed by atoms with E-state index in [9.17, 15) is 18.0 Å². The number of hydrogen-bond donors (Lipinski definition) is 2. The fraction of sp³-hybridized carbons (Fsp3) is 0.273. The van der Waals surface area contributed by atoms with Gasteiger partial charge in [0.25, 0.3) is 5.91 Å². The van der Waals surface area contributed by atoms with Gasteiger partial charge in [0.1, 0.15) is 11.4 Å². The van der Waals surface area contributed by atoms with Gasteiger partial charge in [-0.3, -0.25) is 4.79 Å². The number of aryl methyl sites for hydroxylation is 1. The third kappa shape index (κ3) is 3.61. The van der Waals surface area contributed by atoms with Gasteiger partial charge in [-0.05, 0) is 24.6 Å². The number of benzene rings is 2. The first-order valence-electron chi connectivity index (χ1n) is 9.98. The lowest BCUT2D eigenvalue weighted by molar-refractivity contribution is -0.173. The van der Waals surface area contributed by atoms with Crippen LogP contribution >= 0.6 is 0 Å². The zero-order chi connectivity index (χ0) is 22.5. The van der Waals surface area contributed by atoms with E-state index >= 15 is 0 Å². The molecule has 3 heterocycles. The Hall–Kier alpha value is -3.69. The number of nitrogens with one attached hydrogen (secondary N) is 2. The maximum absolute atomic E-state index is 13.8. The summed E-state index contributed by atoms with van der Waals surface area (Å²) in [4.78, 5) is 12.9. The molecule has 0 radical (unpaired) electrons. The molecule has 0 fully saturated rings. The average molecular weight is 444 g/mol. The molecule has 32 heavy (non-hydrogen) atoms. The van der Waals surface area contributed by atoms with Gasteiger partial charge in [-0.1, -0.05) is 29.8 Å². The van der Waals surface area contributed by atoms with Crippen molar-refractivity contribution in [1.82, 2.24) is 9.78 Å². The first kappa shape index (κ1) is 20.2. The third-order valence-corrected chi connectivity index (χ3v) is 5.59. The highest BCUT2D eigenvalue weighted by molar-refractivity contribution is 6.07. The van der Waals surface area contributed by atoms with Crippen LogP contribution in [0.3, 0.4) is 0 Å². The minimum Gasteiger partial charge on any atom is -0.454 e. The van der Waals surface area contributed by atoms with Crippen LogP contribution in [0.2, 0.25) is 0 Å². The van der Waals surface area contributed by atoms with E-state index in [-0.39, 0.29) is 24.6 Å². The van der Waals surface area contributed by atoms with E-state index in [0.29, 0.717) is 22.7 Å². The monoisotopic (exact) mass is 444 g/mol. The normalized spacial score (nSPS) is 19.2. The quantitative estimate of drug-likeness (QED) is 0.605. The number of halogens is 3. The van der Waals surface area contributed by atoms with Crippen LogP contribution in [0, 0.1) is 6.92 Å². The molecule has 2 aliphatic heterocycles. The molecule has 1 amide bonds. The Balaban J connectivity index is 1.46. The van der Waals surface area contributed by atoms with Crippen LogP contribution in [0.1, 0.15) is 40.0 Å². The highest BCUT2D eigenvalue weighted by Gasteiger charge is 2.47. The molecule has 7 nitrogen and oxygen atoms in total. The van der Waals surface area contributed by atoms with Gasteiger partial charge in [-0.25, -0.2) is 4.68 Å². The second-order valence-corrected chi connectivity index (χ2v) is 7.77. The number of carbonyl (C=O) groups is 1. The van der Waals surface area contributed by atoms with Gasteiger partial charge in [-0.2, -0.15) is 18.3 Å². The van der Waals surface area contributed by atoms with Crippen LogP contribution in [0.25, 0.3) is 0 Å². The number of carbonyl (C=O) groups excluding carboxylic acids is 1. The molecular weight excluding hydrogens is 425 g/mol. The predicted molar refractivity (Wildman–Crippen MR) is 110 cm³/mol. The van der Waals surface area contributed by atoms with E-state index in [1.807, 2.05) is 19.1 Å². The standard InChI is InChI=1S/C22H19F3N4O3/c1-12-2-4-13(5-3-12)16-9-19(22(23,24)25)29-20(28-16)15(10-26-29)21(30)27-14-6-7-17-18(8-14)32-11-31-17/h2-8,10,16,19,28H,9,11H2,1H3,(H,27,30)/t16-,19+/m1/s1. The van der Waals surface area contributed by atoms with Crippen LogP contribution in [0.4, 0.5) is 24.7 Å². The van der Waals surface area contributed by atoms with E-state index in [4.69, 9.17) is 9.47 Å². The third-order valence-electron chi connectivity index (χ3n) is 5.59. The van der Waals surface area contributed by atoms with E-state index in [2.05, 4.69) is 15.7 Å². The highest BCUT2D eigenvalue weighted by atomic mass is 19.4. The number of fused-ring (bicyclic) bond motifs is 2. The fourth-order valence-corrected chi connectivity index (χ4v) is 3.92. The smallest absolute Gasteiger partial charge is 0.410 e. The first-order valence-corrected chi connectivity index (χ1v) is 9.98. The molecule has 1 aromatic heterocycles.